The van der Waals surface area contributed by atoms with Crippen LogP contribution in [0, 0.1) is 5.92 Å². The van der Waals surface area contributed by atoms with Gasteiger partial charge in [0.2, 0.25) is 5.91 Å². The Morgan fingerprint density at radius 1 is 1.06 bits per heavy atom. The molecule has 3 heterocycles. The van der Waals surface area contributed by atoms with Crippen LogP contribution in [0.3, 0.4) is 0 Å². The van der Waals surface area contributed by atoms with E-state index in [0.29, 0.717) is 5.92 Å². The number of aryl methyl sites for hydroxylation is 1. The van der Waals surface area contributed by atoms with Crippen LogP contribution in [0.5, 0.6) is 0 Å². The number of pyridine rings is 2. The second-order valence-corrected chi connectivity index (χ2v) is 9.45. The molecule has 0 spiro atoms. The number of carbonyl (C=O) groups excluding carboxylic acids is 1. The van der Waals surface area contributed by atoms with Crippen molar-refractivity contribution in [1.29, 1.82) is 0 Å². The molecule has 0 saturated carbocycles. The molecule has 2 aliphatic rings. The van der Waals surface area contributed by atoms with Crippen molar-refractivity contribution in [3.63, 3.8) is 0 Å². The van der Waals surface area contributed by atoms with Crippen LogP contribution in [-0.2, 0) is 17.8 Å². The molecule has 1 aliphatic carbocycles. The van der Waals surface area contributed by atoms with E-state index in [4.69, 9.17) is 4.98 Å². The van der Waals surface area contributed by atoms with Crippen molar-refractivity contribution in [3.8, 4) is 0 Å². The number of para-hydroxylation sites is 1. The van der Waals surface area contributed by atoms with Crippen molar-refractivity contribution >= 4 is 11.6 Å². The smallest absolute Gasteiger partial charge is 0.244 e. The highest BCUT2D eigenvalue weighted by molar-refractivity contribution is 5.97. The van der Waals surface area contributed by atoms with Gasteiger partial charge in [-0.2, -0.15) is 0 Å². The van der Waals surface area contributed by atoms with E-state index in [9.17, 15) is 4.79 Å². The summed E-state index contributed by atoms with van der Waals surface area (Å²) in [5.74, 6) is 0.567. The molecule has 0 radical (unpaired) electrons. The minimum atomic E-state index is -0.148. The molecule has 176 valence electrons. The first-order valence-corrected chi connectivity index (χ1v) is 12.3. The largest absolute Gasteiger partial charge is 0.314 e. The molecule has 1 aliphatic heterocycles. The Morgan fingerprint density at radius 3 is 2.71 bits per heavy atom. The van der Waals surface area contributed by atoms with Gasteiger partial charge in [-0.3, -0.25) is 19.7 Å². The monoisotopic (exact) mass is 455 g/mol. The van der Waals surface area contributed by atoms with Gasteiger partial charge in [-0.25, -0.2) is 0 Å². The molecule has 34 heavy (non-hydrogen) atoms. The Bertz CT molecular complexity index is 1090. The molecule has 1 saturated heterocycles. The first-order valence-electron chi connectivity index (χ1n) is 12.3. The number of carbonyl (C=O) groups is 1. The van der Waals surface area contributed by atoms with Crippen molar-refractivity contribution in [1.82, 2.24) is 20.2 Å². The molecule has 1 N–H and O–H groups in total. The lowest BCUT2D eigenvalue weighted by molar-refractivity contribution is -0.123. The van der Waals surface area contributed by atoms with Gasteiger partial charge >= 0.3 is 0 Å². The molecule has 5 rings (SSSR count). The molecule has 1 amide bonds. The summed E-state index contributed by atoms with van der Waals surface area (Å²) in [6, 6.07) is 20.2. The highest BCUT2D eigenvalue weighted by atomic mass is 16.2. The summed E-state index contributed by atoms with van der Waals surface area (Å²) < 4.78 is 0. The molecule has 3 atom stereocenters. The van der Waals surface area contributed by atoms with Crippen molar-refractivity contribution < 1.29 is 4.79 Å². The van der Waals surface area contributed by atoms with Crippen LogP contribution in [0.1, 0.15) is 42.3 Å². The van der Waals surface area contributed by atoms with E-state index in [1.54, 1.807) is 0 Å². The molecule has 0 bridgehead atoms. The highest BCUT2D eigenvalue weighted by Gasteiger charge is 2.43. The number of nitrogens with zero attached hydrogens (tertiary/aromatic N) is 4. The maximum atomic E-state index is 13.8. The second-order valence-electron chi connectivity index (χ2n) is 9.45. The minimum absolute atomic E-state index is 0.148. The second kappa shape index (κ2) is 10.5. The van der Waals surface area contributed by atoms with Gasteiger partial charge < -0.3 is 10.2 Å². The lowest BCUT2D eigenvalue weighted by Crippen LogP contribution is -2.46. The fourth-order valence-corrected chi connectivity index (χ4v) is 5.50. The zero-order valence-electron chi connectivity index (χ0n) is 19.8. The van der Waals surface area contributed by atoms with Crippen molar-refractivity contribution in [3.05, 3.63) is 90.0 Å². The first-order chi connectivity index (χ1) is 16.7. The number of aromatic nitrogens is 2. The molecular weight excluding hydrogens is 422 g/mol. The van der Waals surface area contributed by atoms with E-state index >= 15 is 0 Å². The Labute approximate surface area is 202 Å². The molecule has 1 fully saturated rings. The Morgan fingerprint density at radius 2 is 1.88 bits per heavy atom. The van der Waals surface area contributed by atoms with Gasteiger partial charge in [0.1, 0.15) is 0 Å². The topological polar surface area (TPSA) is 61.4 Å². The van der Waals surface area contributed by atoms with E-state index < -0.39 is 0 Å². The molecular formula is C28H33N5O. The van der Waals surface area contributed by atoms with Gasteiger partial charge in [-0.15, -0.1) is 0 Å². The van der Waals surface area contributed by atoms with Crippen LogP contribution in [-0.4, -0.2) is 47.0 Å². The zero-order chi connectivity index (χ0) is 23.3. The lowest BCUT2D eigenvalue weighted by Gasteiger charge is -2.36. The van der Waals surface area contributed by atoms with Gasteiger partial charge in [-0.05, 0) is 74.0 Å². The number of likely N-dealkylation sites (tertiary alicyclic amines) is 1. The summed E-state index contributed by atoms with van der Waals surface area (Å²) in [5, 5.41) is 3.58. The van der Waals surface area contributed by atoms with E-state index in [0.717, 1.165) is 62.4 Å². The average Bonchev–Trinajstić information content (AvgIpc) is 3.32. The average molecular weight is 456 g/mol. The third kappa shape index (κ3) is 4.88. The normalized spacial score (nSPS) is 22.3. The van der Waals surface area contributed by atoms with Gasteiger partial charge in [0.25, 0.3) is 0 Å². The van der Waals surface area contributed by atoms with E-state index in [1.165, 1.54) is 5.56 Å². The summed E-state index contributed by atoms with van der Waals surface area (Å²) in [5.41, 5.74) is 4.47. The number of likely N-dealkylation sites (N-methyl/N-ethyl adjacent to an activating group) is 1. The summed E-state index contributed by atoms with van der Waals surface area (Å²) in [6.07, 6.45) is 7.84. The standard InChI is InChI=1S/C28H33N5O/c1-32(24-12-3-2-4-13-24)28(34)26-17-21(18-29-19-23-11-5-6-15-30-23)20-33(26)25-14-7-9-22-10-8-16-31-27(22)25/h2-6,8,10-13,15-16,21,25-26,29H,7,9,14,17-20H2,1H3/t21?,25?,26-/m0/s1. The summed E-state index contributed by atoms with van der Waals surface area (Å²) in [7, 11) is 1.90. The summed E-state index contributed by atoms with van der Waals surface area (Å²) in [6.45, 7) is 2.51. The minimum Gasteiger partial charge on any atom is -0.314 e. The maximum Gasteiger partial charge on any atom is 0.244 e. The summed E-state index contributed by atoms with van der Waals surface area (Å²) in [4.78, 5) is 27.2. The number of anilines is 1. The quantitative estimate of drug-likeness (QED) is 0.584. The predicted octanol–water partition coefficient (Wildman–Crippen LogP) is 4.00. The zero-order valence-corrected chi connectivity index (χ0v) is 19.8. The number of fused-ring (bicyclic) bond motifs is 1. The fourth-order valence-electron chi connectivity index (χ4n) is 5.50. The van der Waals surface area contributed by atoms with Gasteiger partial charge in [0, 0.05) is 38.2 Å². The van der Waals surface area contributed by atoms with E-state index in [2.05, 4.69) is 21.3 Å². The molecule has 3 aromatic rings. The Kier molecular flexibility index (Phi) is 6.97. The van der Waals surface area contributed by atoms with Gasteiger partial charge in [-0.1, -0.05) is 30.3 Å². The number of hydrogen-bond donors (Lipinski definition) is 1. The molecule has 6 nitrogen and oxygen atoms in total. The third-order valence-corrected chi connectivity index (χ3v) is 7.22. The van der Waals surface area contributed by atoms with Crippen molar-refractivity contribution in [2.24, 2.45) is 5.92 Å². The van der Waals surface area contributed by atoms with Gasteiger partial charge in [0.15, 0.2) is 0 Å². The third-order valence-electron chi connectivity index (χ3n) is 7.22. The Hall–Kier alpha value is -3.09. The highest BCUT2D eigenvalue weighted by Crippen LogP contribution is 2.39. The van der Waals surface area contributed by atoms with Crippen LogP contribution in [0.15, 0.2) is 73.1 Å². The number of nitrogens with one attached hydrogen (secondary N) is 1. The molecule has 2 unspecified atom stereocenters. The van der Waals surface area contributed by atoms with Crippen molar-refractivity contribution in [2.45, 2.75) is 44.3 Å². The molecule has 1 aromatic carbocycles. The van der Waals surface area contributed by atoms with Crippen LogP contribution in [0.2, 0.25) is 0 Å². The number of amides is 1. The molecule has 2 aromatic heterocycles. The number of rotatable bonds is 7. The van der Waals surface area contributed by atoms with Crippen LogP contribution < -0.4 is 10.2 Å². The van der Waals surface area contributed by atoms with E-state index in [-0.39, 0.29) is 18.0 Å². The number of hydrogen-bond acceptors (Lipinski definition) is 5. The van der Waals surface area contributed by atoms with Crippen molar-refractivity contribution in [2.75, 3.05) is 25.0 Å². The van der Waals surface area contributed by atoms with Crippen LogP contribution in [0.25, 0.3) is 0 Å². The fraction of sp³-hybridized carbons (Fsp3) is 0.393. The maximum absolute atomic E-state index is 13.8. The summed E-state index contributed by atoms with van der Waals surface area (Å²) >= 11 is 0. The number of benzene rings is 1. The molecule has 6 heteroatoms. The first kappa shape index (κ1) is 22.7. The van der Waals surface area contributed by atoms with Gasteiger partial charge in [0.05, 0.1) is 23.5 Å². The van der Waals surface area contributed by atoms with Crippen LogP contribution >= 0.6 is 0 Å². The Balaban J connectivity index is 1.35. The van der Waals surface area contributed by atoms with E-state index in [1.807, 2.05) is 78.9 Å². The lowest BCUT2D eigenvalue weighted by atomic mass is 9.90. The van der Waals surface area contributed by atoms with Crippen LogP contribution in [0.4, 0.5) is 5.69 Å². The SMILES string of the molecule is CN(C(=O)[C@@H]1CC(CNCc2ccccn2)CN1C1CCCc2cccnc21)c1ccccc1. The predicted molar refractivity (Wildman–Crippen MR) is 134 cm³/mol.